The Morgan fingerprint density at radius 2 is 2.14 bits per heavy atom. The van der Waals surface area contributed by atoms with Gasteiger partial charge in [0.2, 0.25) is 0 Å². The van der Waals surface area contributed by atoms with Crippen molar-refractivity contribution in [2.24, 2.45) is 0 Å². The summed E-state index contributed by atoms with van der Waals surface area (Å²) in [5.41, 5.74) is 0.874. The van der Waals surface area contributed by atoms with Gasteiger partial charge in [0.15, 0.2) is 0 Å². The molecule has 0 aliphatic carbocycles. The second kappa shape index (κ2) is 2.65. The Balaban J connectivity index is 2.61. The molecule has 3 nitrogen and oxygen atoms in total. The van der Waals surface area contributed by atoms with E-state index in [1.54, 1.807) is 0 Å². The molecular weight excluding hydrogens is 196 g/mol. The van der Waals surface area contributed by atoms with Crippen molar-refractivity contribution in [2.45, 2.75) is 0 Å². The maximum Gasteiger partial charge on any atom is 0.267 e. The first-order valence-corrected chi connectivity index (χ1v) is 5.03. The second-order valence-electron chi connectivity index (χ2n) is 3.07. The van der Waals surface area contributed by atoms with Crippen LogP contribution < -0.4 is 5.56 Å². The third-order valence-electron chi connectivity index (χ3n) is 2.17. The van der Waals surface area contributed by atoms with E-state index in [1.165, 1.54) is 11.5 Å². The molecule has 0 aliphatic heterocycles. The predicted octanol–water partition coefficient (Wildman–Crippen LogP) is 2.14. The number of hydrogen-bond donors (Lipinski definition) is 1. The van der Waals surface area contributed by atoms with E-state index in [4.69, 9.17) is 0 Å². The van der Waals surface area contributed by atoms with Gasteiger partial charge in [-0.05, 0) is 23.7 Å². The SMILES string of the molecule is O=c1[nH]sc2nc3ccccc3cc12. The van der Waals surface area contributed by atoms with E-state index in [0.29, 0.717) is 5.39 Å². The molecule has 68 valence electrons. The molecule has 0 saturated heterocycles. The number of fused-ring (bicyclic) bond motifs is 2. The van der Waals surface area contributed by atoms with Crippen molar-refractivity contribution >= 4 is 32.7 Å². The summed E-state index contributed by atoms with van der Waals surface area (Å²) in [6.45, 7) is 0. The molecule has 0 radical (unpaired) electrons. The lowest BCUT2D eigenvalue weighted by Crippen LogP contribution is -1.96. The lowest BCUT2D eigenvalue weighted by atomic mass is 10.2. The zero-order chi connectivity index (χ0) is 9.54. The summed E-state index contributed by atoms with van der Waals surface area (Å²) < 4.78 is 2.68. The van der Waals surface area contributed by atoms with Crippen LogP contribution in [0.4, 0.5) is 0 Å². The van der Waals surface area contributed by atoms with Gasteiger partial charge in [-0.15, -0.1) is 0 Å². The molecule has 14 heavy (non-hydrogen) atoms. The molecule has 0 saturated carbocycles. The van der Waals surface area contributed by atoms with E-state index in [0.717, 1.165) is 15.7 Å². The minimum atomic E-state index is -0.0525. The van der Waals surface area contributed by atoms with Crippen LogP contribution in [0, 0.1) is 0 Å². The smallest absolute Gasteiger partial charge is 0.267 e. The molecule has 3 aromatic rings. The molecule has 0 unspecified atom stereocenters. The van der Waals surface area contributed by atoms with Crippen molar-refractivity contribution in [3.63, 3.8) is 0 Å². The summed E-state index contributed by atoms with van der Waals surface area (Å²) in [5.74, 6) is 0. The Labute approximate surface area is 83.2 Å². The fourth-order valence-corrected chi connectivity index (χ4v) is 2.19. The molecule has 4 heteroatoms. The van der Waals surface area contributed by atoms with Crippen LogP contribution in [-0.4, -0.2) is 9.36 Å². The summed E-state index contributed by atoms with van der Waals surface area (Å²) in [5, 5.41) is 1.68. The molecule has 0 fully saturated rings. The number of aromatic amines is 1. The predicted molar refractivity (Wildman–Crippen MR) is 57.7 cm³/mol. The highest BCUT2D eigenvalue weighted by molar-refractivity contribution is 7.12. The van der Waals surface area contributed by atoms with Crippen LogP contribution in [0.25, 0.3) is 21.1 Å². The van der Waals surface area contributed by atoms with Gasteiger partial charge in [-0.3, -0.25) is 9.17 Å². The van der Waals surface area contributed by atoms with Gasteiger partial charge in [-0.2, -0.15) is 0 Å². The number of para-hydroxylation sites is 1. The first-order chi connectivity index (χ1) is 6.84. The summed E-state index contributed by atoms with van der Waals surface area (Å²) >= 11 is 1.28. The van der Waals surface area contributed by atoms with Crippen molar-refractivity contribution in [2.75, 3.05) is 0 Å². The zero-order valence-corrected chi connectivity index (χ0v) is 7.97. The molecule has 0 bridgehead atoms. The highest BCUT2D eigenvalue weighted by atomic mass is 32.1. The van der Waals surface area contributed by atoms with Gasteiger partial charge in [-0.25, -0.2) is 4.98 Å². The maximum absolute atomic E-state index is 11.3. The number of aromatic nitrogens is 2. The monoisotopic (exact) mass is 202 g/mol. The van der Waals surface area contributed by atoms with Crippen molar-refractivity contribution in [1.82, 2.24) is 9.36 Å². The van der Waals surface area contributed by atoms with Crippen LogP contribution in [0.1, 0.15) is 0 Å². The average molecular weight is 202 g/mol. The largest absolute Gasteiger partial charge is 0.275 e. The molecule has 0 aliphatic rings. The van der Waals surface area contributed by atoms with Crippen LogP contribution in [0.2, 0.25) is 0 Å². The van der Waals surface area contributed by atoms with Gasteiger partial charge >= 0.3 is 0 Å². The third kappa shape index (κ3) is 0.975. The van der Waals surface area contributed by atoms with Crippen LogP contribution >= 0.6 is 11.5 Å². The lowest BCUT2D eigenvalue weighted by molar-refractivity contribution is 1.46. The number of nitrogens with one attached hydrogen (secondary N) is 1. The molecule has 2 aromatic heterocycles. The zero-order valence-electron chi connectivity index (χ0n) is 7.15. The van der Waals surface area contributed by atoms with Gasteiger partial charge < -0.3 is 0 Å². The minimum absolute atomic E-state index is 0.0525. The fraction of sp³-hybridized carbons (Fsp3) is 0. The highest BCUT2D eigenvalue weighted by Gasteiger charge is 2.03. The molecule has 3 rings (SSSR count). The quantitative estimate of drug-likeness (QED) is 0.607. The van der Waals surface area contributed by atoms with Gasteiger partial charge in [0.1, 0.15) is 4.83 Å². The summed E-state index contributed by atoms with van der Waals surface area (Å²) in [7, 11) is 0. The van der Waals surface area contributed by atoms with Crippen molar-refractivity contribution in [1.29, 1.82) is 0 Å². The number of pyridine rings is 1. The molecule has 0 amide bonds. The van der Waals surface area contributed by atoms with E-state index in [-0.39, 0.29) is 5.56 Å². The van der Waals surface area contributed by atoms with Crippen LogP contribution in [-0.2, 0) is 0 Å². The summed E-state index contributed by atoms with van der Waals surface area (Å²) in [4.78, 5) is 16.5. The lowest BCUT2D eigenvalue weighted by Gasteiger charge is -1.94. The molecule has 1 N–H and O–H groups in total. The number of nitrogens with zero attached hydrogens (tertiary/aromatic N) is 1. The van der Waals surface area contributed by atoms with Gasteiger partial charge in [0.25, 0.3) is 5.56 Å². The Morgan fingerprint density at radius 3 is 3.07 bits per heavy atom. The number of rotatable bonds is 0. The standard InChI is InChI=1S/C10H6N2OS/c13-9-7-5-6-3-1-2-4-8(6)11-10(7)14-12-9/h1-5H,(H,12,13). The van der Waals surface area contributed by atoms with E-state index < -0.39 is 0 Å². The number of H-pyrrole nitrogens is 1. The van der Waals surface area contributed by atoms with Crippen molar-refractivity contribution in [3.8, 4) is 0 Å². The first-order valence-electron chi connectivity index (χ1n) is 4.21. The third-order valence-corrected chi connectivity index (χ3v) is 2.97. The van der Waals surface area contributed by atoms with E-state index in [9.17, 15) is 4.79 Å². The number of hydrogen-bond acceptors (Lipinski definition) is 3. The van der Waals surface area contributed by atoms with Crippen LogP contribution in [0.5, 0.6) is 0 Å². The molecule has 0 spiro atoms. The number of benzene rings is 1. The van der Waals surface area contributed by atoms with E-state index in [1.807, 2.05) is 30.3 Å². The molecule has 1 aromatic carbocycles. The van der Waals surface area contributed by atoms with Crippen molar-refractivity contribution in [3.05, 3.63) is 40.7 Å². The van der Waals surface area contributed by atoms with E-state index in [2.05, 4.69) is 9.36 Å². The molecule has 2 heterocycles. The Kier molecular flexibility index (Phi) is 1.46. The molecule has 0 atom stereocenters. The fourth-order valence-electron chi connectivity index (χ4n) is 1.49. The molecular formula is C10H6N2OS. The van der Waals surface area contributed by atoms with Crippen LogP contribution in [0.3, 0.4) is 0 Å². The topological polar surface area (TPSA) is 45.8 Å². The van der Waals surface area contributed by atoms with Gasteiger partial charge in [-0.1, -0.05) is 18.2 Å². The van der Waals surface area contributed by atoms with Crippen molar-refractivity contribution < 1.29 is 0 Å². The average Bonchev–Trinajstić information content (AvgIpc) is 2.57. The Bertz CT molecular complexity index is 668. The normalized spacial score (nSPS) is 11.1. The van der Waals surface area contributed by atoms with Gasteiger partial charge in [0, 0.05) is 5.39 Å². The highest BCUT2D eigenvalue weighted by Crippen LogP contribution is 2.18. The summed E-state index contributed by atoms with van der Waals surface area (Å²) in [6.07, 6.45) is 0. The maximum atomic E-state index is 11.3. The van der Waals surface area contributed by atoms with Crippen LogP contribution in [0.15, 0.2) is 35.1 Å². The Hall–Kier alpha value is -1.68. The minimum Gasteiger partial charge on any atom is -0.275 e. The summed E-state index contributed by atoms with van der Waals surface area (Å²) in [6, 6.07) is 9.66. The van der Waals surface area contributed by atoms with E-state index >= 15 is 0 Å². The second-order valence-corrected chi connectivity index (χ2v) is 3.86. The first kappa shape index (κ1) is 7.70. The van der Waals surface area contributed by atoms with Gasteiger partial charge in [0.05, 0.1) is 10.9 Å². The Morgan fingerprint density at radius 1 is 1.29 bits per heavy atom.